The van der Waals surface area contributed by atoms with Crippen LogP contribution in [0.25, 0.3) is 11.0 Å². The molecule has 0 bridgehead atoms. The summed E-state index contributed by atoms with van der Waals surface area (Å²) in [6.45, 7) is 15.4. The number of nitrogen functional groups attached to an aromatic ring is 1. The largest absolute Gasteiger partial charge is 0.444 e. The van der Waals surface area contributed by atoms with E-state index in [-0.39, 0.29) is 17.6 Å². The third-order valence-corrected chi connectivity index (χ3v) is 6.48. The molecule has 0 saturated heterocycles. The highest BCUT2D eigenvalue weighted by molar-refractivity contribution is 5.79. The van der Waals surface area contributed by atoms with Gasteiger partial charge < -0.3 is 25.7 Å². The van der Waals surface area contributed by atoms with Crippen LogP contribution in [0, 0.1) is 5.41 Å². The first kappa shape index (κ1) is 24.4. The van der Waals surface area contributed by atoms with Gasteiger partial charge in [-0.1, -0.05) is 26.8 Å². The third kappa shape index (κ3) is 6.15. The standard InChI is InChI=1S/C25H41N5O2/c1-16(24(2,3)4)27-15-17-8-13-21-20(14-17)29-22(26)30(21)19-11-9-18(10-12-19)28-23(31)32-25(5,6)7/h8,13-14,16,18-19,27H,9-12,15H2,1-7H3,(H2,26,29)(H,28,31)/t16-,18?,19?/m0/s1. The van der Waals surface area contributed by atoms with E-state index in [4.69, 9.17) is 10.5 Å². The molecule has 7 heteroatoms. The Morgan fingerprint density at radius 2 is 1.84 bits per heavy atom. The molecule has 2 aromatic rings. The maximum absolute atomic E-state index is 12.1. The molecule has 1 fully saturated rings. The van der Waals surface area contributed by atoms with Gasteiger partial charge in [-0.2, -0.15) is 0 Å². The molecule has 32 heavy (non-hydrogen) atoms. The third-order valence-electron chi connectivity index (χ3n) is 6.48. The van der Waals surface area contributed by atoms with Gasteiger partial charge in [0, 0.05) is 24.7 Å². The van der Waals surface area contributed by atoms with Crippen molar-refractivity contribution in [3.63, 3.8) is 0 Å². The van der Waals surface area contributed by atoms with Gasteiger partial charge in [-0.25, -0.2) is 9.78 Å². The average molecular weight is 444 g/mol. The van der Waals surface area contributed by atoms with Gasteiger partial charge in [-0.05, 0) is 76.5 Å². The van der Waals surface area contributed by atoms with Crippen molar-refractivity contribution in [2.75, 3.05) is 5.73 Å². The number of aromatic nitrogens is 2. The molecule has 1 aromatic carbocycles. The van der Waals surface area contributed by atoms with Crippen molar-refractivity contribution in [1.82, 2.24) is 20.2 Å². The molecule has 7 nitrogen and oxygen atoms in total. The van der Waals surface area contributed by atoms with E-state index in [0.29, 0.717) is 18.0 Å². The molecule has 0 spiro atoms. The van der Waals surface area contributed by atoms with Crippen LogP contribution in [0.3, 0.4) is 0 Å². The van der Waals surface area contributed by atoms with Crippen LogP contribution in [0.2, 0.25) is 0 Å². The molecule has 0 unspecified atom stereocenters. The average Bonchev–Trinajstić information content (AvgIpc) is 2.99. The number of hydrogen-bond acceptors (Lipinski definition) is 5. The minimum absolute atomic E-state index is 0.139. The molecule has 0 radical (unpaired) electrons. The number of rotatable bonds is 5. The molecular weight excluding hydrogens is 402 g/mol. The van der Waals surface area contributed by atoms with E-state index in [1.165, 1.54) is 5.56 Å². The van der Waals surface area contributed by atoms with E-state index in [1.54, 1.807) is 0 Å². The molecular formula is C25H41N5O2. The van der Waals surface area contributed by atoms with Gasteiger partial charge >= 0.3 is 6.09 Å². The van der Waals surface area contributed by atoms with Crippen molar-refractivity contribution in [3.8, 4) is 0 Å². The van der Waals surface area contributed by atoms with Crippen molar-refractivity contribution < 1.29 is 9.53 Å². The number of hydrogen-bond donors (Lipinski definition) is 3. The summed E-state index contributed by atoms with van der Waals surface area (Å²) in [6.07, 6.45) is 3.35. The van der Waals surface area contributed by atoms with Crippen molar-refractivity contribution in [1.29, 1.82) is 0 Å². The maximum atomic E-state index is 12.1. The Labute approximate surface area is 192 Å². The lowest BCUT2D eigenvalue weighted by atomic mass is 9.88. The fourth-order valence-electron chi connectivity index (χ4n) is 4.19. The van der Waals surface area contributed by atoms with Gasteiger partial charge in [-0.3, -0.25) is 0 Å². The molecule has 1 amide bonds. The van der Waals surface area contributed by atoms with Crippen LogP contribution >= 0.6 is 0 Å². The van der Waals surface area contributed by atoms with E-state index in [2.05, 4.69) is 66.1 Å². The van der Waals surface area contributed by atoms with E-state index < -0.39 is 5.60 Å². The summed E-state index contributed by atoms with van der Waals surface area (Å²) in [5, 5.41) is 6.62. The second-order valence-electron chi connectivity index (χ2n) is 11.3. The van der Waals surface area contributed by atoms with Crippen LogP contribution in [0.1, 0.15) is 85.8 Å². The van der Waals surface area contributed by atoms with Crippen molar-refractivity contribution in [2.45, 2.75) is 104 Å². The number of benzene rings is 1. The van der Waals surface area contributed by atoms with Crippen LogP contribution in [0.15, 0.2) is 18.2 Å². The Balaban J connectivity index is 1.63. The fourth-order valence-corrected chi connectivity index (χ4v) is 4.19. The smallest absolute Gasteiger partial charge is 0.407 e. The number of imidazole rings is 1. The molecule has 1 aliphatic carbocycles. The number of carbonyl (C=O) groups is 1. The predicted molar refractivity (Wildman–Crippen MR) is 131 cm³/mol. The van der Waals surface area contributed by atoms with Crippen LogP contribution in [-0.2, 0) is 11.3 Å². The highest BCUT2D eigenvalue weighted by Gasteiger charge is 2.27. The molecule has 1 atom stereocenters. The van der Waals surface area contributed by atoms with Gasteiger partial charge in [0.15, 0.2) is 0 Å². The lowest BCUT2D eigenvalue weighted by Crippen LogP contribution is -2.41. The summed E-state index contributed by atoms with van der Waals surface area (Å²) in [5.41, 5.74) is 9.32. The van der Waals surface area contributed by atoms with Crippen LogP contribution in [0.5, 0.6) is 0 Å². The Bertz CT molecular complexity index is 930. The summed E-state index contributed by atoms with van der Waals surface area (Å²) in [5.74, 6) is 0.566. The Morgan fingerprint density at radius 1 is 1.19 bits per heavy atom. The Hall–Kier alpha value is -2.28. The summed E-state index contributed by atoms with van der Waals surface area (Å²) in [7, 11) is 0. The molecule has 1 heterocycles. The van der Waals surface area contributed by atoms with Crippen molar-refractivity contribution >= 4 is 23.1 Å². The van der Waals surface area contributed by atoms with Crippen LogP contribution < -0.4 is 16.4 Å². The van der Waals surface area contributed by atoms with E-state index in [0.717, 1.165) is 43.3 Å². The molecule has 0 aliphatic heterocycles. The number of alkyl carbamates (subject to hydrolysis) is 1. The Morgan fingerprint density at radius 3 is 2.44 bits per heavy atom. The number of anilines is 1. The summed E-state index contributed by atoms with van der Waals surface area (Å²) >= 11 is 0. The first-order valence-corrected chi connectivity index (χ1v) is 11.8. The van der Waals surface area contributed by atoms with Crippen LogP contribution in [0.4, 0.5) is 10.7 Å². The normalized spacial score (nSPS) is 20.8. The lowest BCUT2D eigenvalue weighted by Gasteiger charge is -2.31. The number of fused-ring (bicyclic) bond motifs is 1. The quantitative estimate of drug-likeness (QED) is 0.594. The molecule has 1 aliphatic rings. The van der Waals surface area contributed by atoms with Gasteiger partial charge in [0.05, 0.1) is 11.0 Å². The zero-order valence-electron chi connectivity index (χ0n) is 20.8. The second kappa shape index (κ2) is 9.30. The maximum Gasteiger partial charge on any atom is 0.407 e. The first-order valence-electron chi connectivity index (χ1n) is 11.8. The monoisotopic (exact) mass is 443 g/mol. The molecule has 4 N–H and O–H groups in total. The number of nitrogens with two attached hydrogens (primary N) is 1. The molecule has 3 rings (SSSR count). The zero-order valence-corrected chi connectivity index (χ0v) is 20.8. The predicted octanol–water partition coefficient (Wildman–Crippen LogP) is 5.15. The SMILES string of the molecule is C[C@H](NCc1ccc2c(c1)nc(N)n2C1CCC(NC(=O)OC(C)(C)C)CC1)C(C)(C)C. The minimum Gasteiger partial charge on any atom is -0.444 e. The fraction of sp³-hybridized carbons (Fsp3) is 0.680. The number of ether oxygens (including phenoxy) is 1. The first-order chi connectivity index (χ1) is 14.8. The zero-order chi connectivity index (χ0) is 23.7. The molecule has 1 saturated carbocycles. The lowest BCUT2D eigenvalue weighted by molar-refractivity contribution is 0.0488. The van der Waals surface area contributed by atoms with Gasteiger partial charge in [0.25, 0.3) is 0 Å². The van der Waals surface area contributed by atoms with E-state index in [1.807, 2.05) is 20.8 Å². The highest BCUT2D eigenvalue weighted by Crippen LogP contribution is 2.34. The number of carbonyl (C=O) groups excluding carboxylic acids is 1. The number of amides is 1. The Kier molecular flexibility index (Phi) is 7.08. The van der Waals surface area contributed by atoms with Crippen molar-refractivity contribution in [2.24, 2.45) is 5.41 Å². The molecule has 1 aromatic heterocycles. The number of nitrogens with one attached hydrogen (secondary N) is 2. The van der Waals surface area contributed by atoms with Gasteiger partial charge in [0.1, 0.15) is 5.60 Å². The summed E-state index contributed by atoms with van der Waals surface area (Å²) in [6, 6.07) is 7.28. The van der Waals surface area contributed by atoms with Crippen molar-refractivity contribution in [3.05, 3.63) is 23.8 Å². The van der Waals surface area contributed by atoms with Gasteiger partial charge in [-0.15, -0.1) is 0 Å². The summed E-state index contributed by atoms with van der Waals surface area (Å²) < 4.78 is 7.56. The summed E-state index contributed by atoms with van der Waals surface area (Å²) in [4.78, 5) is 16.7. The minimum atomic E-state index is -0.482. The van der Waals surface area contributed by atoms with Gasteiger partial charge in [0.2, 0.25) is 5.95 Å². The molecule has 178 valence electrons. The second-order valence-corrected chi connectivity index (χ2v) is 11.3. The topological polar surface area (TPSA) is 94.2 Å². The number of nitrogens with zero attached hydrogens (tertiary/aromatic N) is 2. The van der Waals surface area contributed by atoms with E-state index in [9.17, 15) is 4.79 Å². The van der Waals surface area contributed by atoms with Crippen LogP contribution in [-0.4, -0.2) is 33.3 Å². The highest BCUT2D eigenvalue weighted by atomic mass is 16.6. The van der Waals surface area contributed by atoms with E-state index >= 15 is 0 Å².